The van der Waals surface area contributed by atoms with Crippen LogP contribution in [0.5, 0.6) is 0 Å². The van der Waals surface area contributed by atoms with Crippen LogP contribution in [-0.4, -0.2) is 48.4 Å². The normalized spacial score (nSPS) is 16.0. The van der Waals surface area contributed by atoms with Crippen LogP contribution in [0.1, 0.15) is 28.4 Å². The topological polar surface area (TPSA) is 35.6 Å². The SMILES string of the molecule is CCN1CCN(Cc2ccc(/C=C/NC(=O)c3ccccc3)cc2)CC1. The molecule has 0 atom stereocenters. The highest BCUT2D eigenvalue weighted by molar-refractivity contribution is 5.95. The Morgan fingerprint density at radius 3 is 2.27 bits per heavy atom. The first kappa shape index (κ1) is 18.4. The Hall–Kier alpha value is -2.43. The maximum atomic E-state index is 12.0. The number of hydrogen-bond donors (Lipinski definition) is 1. The highest BCUT2D eigenvalue weighted by Gasteiger charge is 2.15. The van der Waals surface area contributed by atoms with E-state index in [1.54, 1.807) is 18.3 Å². The lowest BCUT2D eigenvalue weighted by molar-refractivity contribution is 0.0970. The first-order valence-corrected chi connectivity index (χ1v) is 9.30. The highest BCUT2D eigenvalue weighted by atomic mass is 16.1. The van der Waals surface area contributed by atoms with Crippen molar-refractivity contribution in [2.75, 3.05) is 32.7 Å². The van der Waals surface area contributed by atoms with Crippen LogP contribution in [0.15, 0.2) is 60.8 Å². The van der Waals surface area contributed by atoms with Gasteiger partial charge in [0.15, 0.2) is 0 Å². The molecule has 1 N–H and O–H groups in total. The van der Waals surface area contributed by atoms with Crippen LogP contribution in [-0.2, 0) is 6.54 Å². The van der Waals surface area contributed by atoms with Crippen molar-refractivity contribution in [3.63, 3.8) is 0 Å². The molecule has 1 aliphatic rings. The maximum Gasteiger partial charge on any atom is 0.255 e. The molecule has 0 aromatic heterocycles. The molecule has 0 bridgehead atoms. The summed E-state index contributed by atoms with van der Waals surface area (Å²) in [5.41, 5.74) is 3.08. The molecule has 3 rings (SSSR count). The summed E-state index contributed by atoms with van der Waals surface area (Å²) in [4.78, 5) is 17.0. The molecule has 4 heteroatoms. The first-order chi connectivity index (χ1) is 12.7. The number of piperazine rings is 1. The molecule has 136 valence electrons. The molecule has 26 heavy (non-hydrogen) atoms. The molecule has 1 fully saturated rings. The van der Waals surface area contributed by atoms with Gasteiger partial charge in [0.2, 0.25) is 0 Å². The summed E-state index contributed by atoms with van der Waals surface area (Å²) in [6.45, 7) is 8.99. The average molecular weight is 349 g/mol. The van der Waals surface area contributed by atoms with Crippen LogP contribution in [0.2, 0.25) is 0 Å². The van der Waals surface area contributed by atoms with Crippen LogP contribution < -0.4 is 5.32 Å². The minimum Gasteiger partial charge on any atom is -0.329 e. The van der Waals surface area contributed by atoms with E-state index in [1.807, 2.05) is 24.3 Å². The maximum absolute atomic E-state index is 12.0. The van der Waals surface area contributed by atoms with Crippen LogP contribution in [0, 0.1) is 0 Å². The van der Waals surface area contributed by atoms with Gasteiger partial charge in [0.1, 0.15) is 0 Å². The quantitative estimate of drug-likeness (QED) is 0.870. The molecule has 2 aromatic carbocycles. The van der Waals surface area contributed by atoms with Gasteiger partial charge < -0.3 is 10.2 Å². The molecule has 2 aromatic rings. The highest BCUT2D eigenvalue weighted by Crippen LogP contribution is 2.11. The first-order valence-electron chi connectivity index (χ1n) is 9.30. The van der Waals surface area contributed by atoms with Gasteiger partial charge in [-0.1, -0.05) is 49.4 Å². The number of benzene rings is 2. The molecule has 0 unspecified atom stereocenters. The molecule has 1 amide bonds. The van der Waals surface area contributed by atoms with Crippen molar-refractivity contribution in [2.24, 2.45) is 0 Å². The van der Waals surface area contributed by atoms with E-state index in [0.29, 0.717) is 5.56 Å². The molecular weight excluding hydrogens is 322 g/mol. The lowest BCUT2D eigenvalue weighted by Crippen LogP contribution is -2.45. The van der Waals surface area contributed by atoms with E-state index in [2.05, 4.69) is 46.3 Å². The minimum absolute atomic E-state index is 0.0929. The molecule has 4 nitrogen and oxygen atoms in total. The lowest BCUT2D eigenvalue weighted by Gasteiger charge is -2.34. The van der Waals surface area contributed by atoms with E-state index in [0.717, 1.165) is 31.7 Å². The van der Waals surface area contributed by atoms with Crippen molar-refractivity contribution in [1.82, 2.24) is 15.1 Å². The van der Waals surface area contributed by atoms with Crippen LogP contribution >= 0.6 is 0 Å². The Morgan fingerprint density at radius 1 is 0.962 bits per heavy atom. The van der Waals surface area contributed by atoms with Gasteiger partial charge in [-0.05, 0) is 35.9 Å². The van der Waals surface area contributed by atoms with E-state index in [4.69, 9.17) is 0 Å². The third-order valence-corrected chi connectivity index (χ3v) is 4.82. The largest absolute Gasteiger partial charge is 0.329 e. The fourth-order valence-electron chi connectivity index (χ4n) is 3.14. The number of carbonyl (C=O) groups is 1. The summed E-state index contributed by atoms with van der Waals surface area (Å²) >= 11 is 0. The van der Waals surface area contributed by atoms with Gasteiger partial charge >= 0.3 is 0 Å². The van der Waals surface area contributed by atoms with Crippen molar-refractivity contribution < 1.29 is 4.79 Å². The molecule has 0 radical (unpaired) electrons. The zero-order valence-electron chi connectivity index (χ0n) is 15.4. The van der Waals surface area contributed by atoms with Gasteiger partial charge in [0.05, 0.1) is 0 Å². The summed E-state index contributed by atoms with van der Waals surface area (Å²) < 4.78 is 0. The monoisotopic (exact) mass is 349 g/mol. The van der Waals surface area contributed by atoms with Gasteiger partial charge in [-0.15, -0.1) is 0 Å². The molecule has 1 heterocycles. The predicted molar refractivity (Wildman–Crippen MR) is 107 cm³/mol. The van der Waals surface area contributed by atoms with Crippen molar-refractivity contribution in [1.29, 1.82) is 0 Å². The minimum atomic E-state index is -0.0929. The fraction of sp³-hybridized carbons (Fsp3) is 0.318. The molecule has 0 spiro atoms. The Kier molecular flexibility index (Phi) is 6.58. The van der Waals surface area contributed by atoms with Crippen LogP contribution in [0.4, 0.5) is 0 Å². The number of carbonyl (C=O) groups excluding carboxylic acids is 1. The van der Waals surface area contributed by atoms with Gasteiger partial charge in [0, 0.05) is 44.5 Å². The Balaban J connectivity index is 1.47. The van der Waals surface area contributed by atoms with E-state index in [-0.39, 0.29) is 5.91 Å². The second-order valence-corrected chi connectivity index (χ2v) is 6.62. The number of nitrogens with zero attached hydrogens (tertiary/aromatic N) is 2. The third-order valence-electron chi connectivity index (χ3n) is 4.82. The van der Waals surface area contributed by atoms with E-state index >= 15 is 0 Å². The number of hydrogen-bond acceptors (Lipinski definition) is 3. The van der Waals surface area contributed by atoms with Gasteiger partial charge in [-0.3, -0.25) is 9.69 Å². The van der Waals surface area contributed by atoms with Gasteiger partial charge in [-0.25, -0.2) is 0 Å². The van der Waals surface area contributed by atoms with Gasteiger partial charge in [0.25, 0.3) is 5.91 Å². The smallest absolute Gasteiger partial charge is 0.255 e. The third kappa shape index (κ3) is 5.28. The summed E-state index contributed by atoms with van der Waals surface area (Å²) in [6, 6.07) is 17.8. The Bertz CT molecular complexity index is 717. The molecule has 0 saturated carbocycles. The number of nitrogens with one attached hydrogen (secondary N) is 1. The van der Waals surface area contributed by atoms with E-state index in [1.165, 1.54) is 18.7 Å². The van der Waals surface area contributed by atoms with Crippen LogP contribution in [0.3, 0.4) is 0 Å². The summed E-state index contributed by atoms with van der Waals surface area (Å²) in [5, 5.41) is 2.81. The molecular formula is C22H27N3O. The van der Waals surface area contributed by atoms with Crippen molar-refractivity contribution >= 4 is 12.0 Å². The number of rotatable bonds is 6. The fourth-order valence-corrected chi connectivity index (χ4v) is 3.14. The zero-order valence-corrected chi connectivity index (χ0v) is 15.4. The summed E-state index contributed by atoms with van der Waals surface area (Å²) in [7, 11) is 0. The van der Waals surface area contributed by atoms with Crippen molar-refractivity contribution in [3.8, 4) is 0 Å². The lowest BCUT2D eigenvalue weighted by atomic mass is 10.1. The Morgan fingerprint density at radius 2 is 1.62 bits per heavy atom. The number of likely N-dealkylation sites (N-methyl/N-ethyl adjacent to an activating group) is 1. The summed E-state index contributed by atoms with van der Waals surface area (Å²) in [6.07, 6.45) is 3.62. The average Bonchev–Trinajstić information content (AvgIpc) is 2.70. The van der Waals surface area contributed by atoms with Crippen molar-refractivity contribution in [2.45, 2.75) is 13.5 Å². The zero-order chi connectivity index (χ0) is 18.2. The second kappa shape index (κ2) is 9.32. The molecule has 0 aliphatic carbocycles. The summed E-state index contributed by atoms with van der Waals surface area (Å²) in [5.74, 6) is -0.0929. The predicted octanol–water partition coefficient (Wildman–Crippen LogP) is 3.22. The molecule has 1 aliphatic heterocycles. The van der Waals surface area contributed by atoms with Crippen LogP contribution in [0.25, 0.3) is 6.08 Å². The Labute approximate surface area is 156 Å². The van der Waals surface area contributed by atoms with Crippen molar-refractivity contribution in [3.05, 3.63) is 77.5 Å². The standard InChI is InChI=1S/C22H27N3O/c1-2-24-14-16-25(17-15-24)18-20-10-8-19(9-11-20)12-13-23-22(26)21-6-4-3-5-7-21/h3-13H,2,14-18H2,1H3,(H,23,26)/b13-12+. The van der Waals surface area contributed by atoms with E-state index < -0.39 is 0 Å². The van der Waals surface area contributed by atoms with Gasteiger partial charge in [-0.2, -0.15) is 0 Å². The molecule has 1 saturated heterocycles. The van der Waals surface area contributed by atoms with E-state index in [9.17, 15) is 4.79 Å². The second-order valence-electron chi connectivity index (χ2n) is 6.62. The number of amides is 1.